The smallest absolute Gasteiger partial charge is 0.315 e. The molecule has 1 aromatic heterocycles. The lowest BCUT2D eigenvalue weighted by molar-refractivity contribution is -0.128. The molecule has 0 aromatic carbocycles. The van der Waals surface area contributed by atoms with Gasteiger partial charge in [0.25, 0.3) is 0 Å². The number of nitrogens with one attached hydrogen (secondary N) is 1. The van der Waals surface area contributed by atoms with Crippen molar-refractivity contribution in [2.24, 2.45) is 0 Å². The molecule has 0 bridgehead atoms. The number of rotatable bonds is 4. The van der Waals surface area contributed by atoms with Gasteiger partial charge in [0.05, 0.1) is 6.54 Å². The number of anilines is 1. The lowest BCUT2D eigenvalue weighted by atomic mass is 10.4. The van der Waals surface area contributed by atoms with Gasteiger partial charge in [-0.2, -0.15) is 0 Å². The van der Waals surface area contributed by atoms with Gasteiger partial charge in [0.15, 0.2) is 0 Å². The molecular formula is C10H15ClN4O2. The van der Waals surface area contributed by atoms with E-state index in [4.69, 9.17) is 16.0 Å². The van der Waals surface area contributed by atoms with Gasteiger partial charge in [0.2, 0.25) is 11.8 Å². The fourth-order valence-corrected chi connectivity index (χ4v) is 1.78. The molecule has 0 aliphatic carbocycles. The largest absolute Gasteiger partial charge is 0.406 e. The van der Waals surface area contributed by atoms with Gasteiger partial charge in [0, 0.05) is 13.1 Å². The van der Waals surface area contributed by atoms with Gasteiger partial charge >= 0.3 is 6.01 Å². The van der Waals surface area contributed by atoms with Crippen LogP contribution in [0.5, 0.6) is 0 Å². The van der Waals surface area contributed by atoms with E-state index < -0.39 is 0 Å². The highest BCUT2D eigenvalue weighted by atomic mass is 35.5. The number of halogens is 1. The molecule has 1 unspecified atom stereocenters. The Bertz CT molecular complexity index is 387. The Hall–Kier alpha value is -1.30. The standard InChI is InChI=1S/C10H15ClN4O2/c1-7(11)9-13-14-10(17-9)12-6-8(16)15-4-2-3-5-15/h7H,2-6H2,1H3,(H,12,14). The highest BCUT2D eigenvalue weighted by Gasteiger charge is 2.18. The average molecular weight is 259 g/mol. The van der Waals surface area contributed by atoms with Crippen molar-refractivity contribution in [1.82, 2.24) is 15.1 Å². The quantitative estimate of drug-likeness (QED) is 0.827. The van der Waals surface area contributed by atoms with Crippen molar-refractivity contribution in [3.05, 3.63) is 5.89 Å². The summed E-state index contributed by atoms with van der Waals surface area (Å²) in [5.74, 6) is 0.406. The van der Waals surface area contributed by atoms with Crippen LogP contribution in [0, 0.1) is 0 Å². The van der Waals surface area contributed by atoms with E-state index in [0.29, 0.717) is 5.89 Å². The van der Waals surface area contributed by atoms with E-state index in [9.17, 15) is 4.79 Å². The molecule has 2 rings (SSSR count). The first-order chi connectivity index (χ1) is 8.16. The number of amides is 1. The summed E-state index contributed by atoms with van der Waals surface area (Å²) in [6.45, 7) is 3.61. The first kappa shape index (κ1) is 12.2. The summed E-state index contributed by atoms with van der Waals surface area (Å²) < 4.78 is 5.22. The van der Waals surface area contributed by atoms with Crippen molar-refractivity contribution in [3.63, 3.8) is 0 Å². The predicted molar refractivity (Wildman–Crippen MR) is 62.9 cm³/mol. The van der Waals surface area contributed by atoms with Crippen molar-refractivity contribution in [3.8, 4) is 0 Å². The monoisotopic (exact) mass is 258 g/mol. The van der Waals surface area contributed by atoms with Gasteiger partial charge in [0.1, 0.15) is 5.38 Å². The Kier molecular flexibility index (Phi) is 3.83. The van der Waals surface area contributed by atoms with E-state index in [0.717, 1.165) is 25.9 Å². The highest BCUT2D eigenvalue weighted by Crippen LogP contribution is 2.19. The van der Waals surface area contributed by atoms with Crippen LogP contribution in [0.4, 0.5) is 6.01 Å². The number of hydrogen-bond donors (Lipinski definition) is 1. The number of aromatic nitrogens is 2. The zero-order chi connectivity index (χ0) is 12.3. The normalized spacial score (nSPS) is 17.2. The molecule has 6 nitrogen and oxygen atoms in total. The van der Waals surface area contributed by atoms with Gasteiger partial charge in [-0.05, 0) is 19.8 Å². The Morgan fingerprint density at radius 2 is 2.24 bits per heavy atom. The maximum atomic E-state index is 11.7. The lowest BCUT2D eigenvalue weighted by Crippen LogP contribution is -2.33. The second-order valence-corrected chi connectivity index (χ2v) is 4.66. The summed E-state index contributed by atoms with van der Waals surface area (Å²) in [5.41, 5.74) is 0. The number of likely N-dealkylation sites (tertiary alicyclic amines) is 1. The van der Waals surface area contributed by atoms with Crippen LogP contribution in [0.1, 0.15) is 31.0 Å². The lowest BCUT2D eigenvalue weighted by Gasteiger charge is -2.14. The van der Waals surface area contributed by atoms with E-state index in [1.807, 2.05) is 4.90 Å². The molecule has 2 heterocycles. The van der Waals surface area contributed by atoms with Crippen LogP contribution in [0.3, 0.4) is 0 Å². The summed E-state index contributed by atoms with van der Waals surface area (Å²) in [5, 5.41) is 9.99. The molecule has 0 radical (unpaired) electrons. The van der Waals surface area contributed by atoms with Crippen LogP contribution in [0.15, 0.2) is 4.42 Å². The van der Waals surface area contributed by atoms with Crippen LogP contribution in [-0.2, 0) is 4.79 Å². The van der Waals surface area contributed by atoms with Gasteiger partial charge < -0.3 is 14.6 Å². The third-order valence-electron chi connectivity index (χ3n) is 2.63. The van der Waals surface area contributed by atoms with E-state index >= 15 is 0 Å². The summed E-state index contributed by atoms with van der Waals surface area (Å²) >= 11 is 5.78. The average Bonchev–Trinajstić information content (AvgIpc) is 2.97. The first-order valence-electron chi connectivity index (χ1n) is 5.66. The second kappa shape index (κ2) is 5.35. The zero-order valence-corrected chi connectivity index (χ0v) is 10.4. The molecule has 1 N–H and O–H groups in total. The summed E-state index contributed by atoms with van der Waals surface area (Å²) in [7, 11) is 0. The van der Waals surface area contributed by atoms with Crippen LogP contribution in [0.2, 0.25) is 0 Å². The molecule has 1 aliphatic heterocycles. The number of nitrogens with zero attached hydrogens (tertiary/aromatic N) is 3. The third-order valence-corrected chi connectivity index (χ3v) is 2.82. The molecule has 1 fully saturated rings. The molecule has 1 saturated heterocycles. The molecular weight excluding hydrogens is 244 g/mol. The third kappa shape index (κ3) is 3.09. The van der Waals surface area contributed by atoms with E-state index in [2.05, 4.69) is 15.5 Å². The predicted octanol–water partition coefficient (Wildman–Crippen LogP) is 1.40. The van der Waals surface area contributed by atoms with E-state index in [-0.39, 0.29) is 23.8 Å². The van der Waals surface area contributed by atoms with Crippen LogP contribution < -0.4 is 5.32 Å². The van der Waals surface area contributed by atoms with Crippen molar-refractivity contribution >= 4 is 23.5 Å². The molecule has 1 aromatic rings. The zero-order valence-electron chi connectivity index (χ0n) is 9.65. The number of carbonyl (C=O) groups excluding carboxylic acids is 1. The van der Waals surface area contributed by atoms with Crippen molar-refractivity contribution in [2.45, 2.75) is 25.1 Å². The summed E-state index contributed by atoms with van der Waals surface area (Å²) in [6, 6.07) is 0.236. The Balaban J connectivity index is 1.82. The van der Waals surface area contributed by atoms with Crippen molar-refractivity contribution in [2.75, 3.05) is 25.0 Å². The van der Waals surface area contributed by atoms with E-state index in [1.165, 1.54) is 0 Å². The minimum Gasteiger partial charge on any atom is -0.406 e. The van der Waals surface area contributed by atoms with E-state index in [1.54, 1.807) is 6.92 Å². The second-order valence-electron chi connectivity index (χ2n) is 4.00. The molecule has 0 spiro atoms. The summed E-state index contributed by atoms with van der Waals surface area (Å²) in [6.07, 6.45) is 2.17. The molecule has 7 heteroatoms. The maximum Gasteiger partial charge on any atom is 0.315 e. The number of carbonyl (C=O) groups is 1. The number of hydrogen-bond acceptors (Lipinski definition) is 5. The molecule has 94 valence electrons. The Morgan fingerprint density at radius 3 is 2.82 bits per heavy atom. The van der Waals surface area contributed by atoms with Gasteiger partial charge in [-0.15, -0.1) is 16.7 Å². The topological polar surface area (TPSA) is 71.3 Å². The maximum absolute atomic E-state index is 11.7. The van der Waals surface area contributed by atoms with Gasteiger partial charge in [-0.3, -0.25) is 4.79 Å². The van der Waals surface area contributed by atoms with Crippen LogP contribution >= 0.6 is 11.6 Å². The minimum atomic E-state index is -0.327. The molecule has 1 amide bonds. The molecule has 0 saturated carbocycles. The minimum absolute atomic E-state index is 0.0566. The first-order valence-corrected chi connectivity index (χ1v) is 6.09. The molecule has 17 heavy (non-hydrogen) atoms. The number of alkyl halides is 1. The van der Waals surface area contributed by atoms with Crippen LogP contribution in [0.25, 0.3) is 0 Å². The fraction of sp³-hybridized carbons (Fsp3) is 0.700. The summed E-state index contributed by atoms with van der Waals surface area (Å²) in [4.78, 5) is 13.5. The molecule has 1 atom stereocenters. The fourth-order valence-electron chi connectivity index (χ4n) is 1.70. The highest BCUT2D eigenvalue weighted by molar-refractivity contribution is 6.20. The van der Waals surface area contributed by atoms with Crippen molar-refractivity contribution in [1.29, 1.82) is 0 Å². The van der Waals surface area contributed by atoms with Gasteiger partial charge in [-0.1, -0.05) is 5.10 Å². The molecule has 1 aliphatic rings. The van der Waals surface area contributed by atoms with Gasteiger partial charge in [-0.25, -0.2) is 0 Å². The van der Waals surface area contributed by atoms with Crippen LogP contribution in [-0.4, -0.2) is 40.6 Å². The SMILES string of the molecule is CC(Cl)c1nnc(NCC(=O)N2CCCC2)o1. The van der Waals surface area contributed by atoms with Crippen molar-refractivity contribution < 1.29 is 9.21 Å². The Labute approximate surface area is 104 Å². The Morgan fingerprint density at radius 1 is 1.53 bits per heavy atom.